The van der Waals surface area contributed by atoms with Crippen molar-refractivity contribution in [2.24, 2.45) is 5.73 Å². The quantitative estimate of drug-likeness (QED) is 0.728. The fraction of sp³-hybridized carbons (Fsp3) is 0.409. The van der Waals surface area contributed by atoms with Gasteiger partial charge in [-0.3, -0.25) is 9.69 Å². The van der Waals surface area contributed by atoms with Crippen LogP contribution >= 0.6 is 0 Å². The maximum Gasteiger partial charge on any atom is 0.244 e. The lowest BCUT2D eigenvalue weighted by molar-refractivity contribution is -0.126. The van der Waals surface area contributed by atoms with Gasteiger partial charge in [0.2, 0.25) is 5.91 Å². The van der Waals surface area contributed by atoms with Gasteiger partial charge in [0.25, 0.3) is 0 Å². The molecule has 1 saturated heterocycles. The van der Waals surface area contributed by atoms with E-state index in [0.717, 1.165) is 49.7 Å². The van der Waals surface area contributed by atoms with Crippen LogP contribution in [0.5, 0.6) is 5.75 Å². The van der Waals surface area contributed by atoms with E-state index in [-0.39, 0.29) is 5.91 Å². The van der Waals surface area contributed by atoms with E-state index in [1.54, 1.807) is 6.92 Å². The van der Waals surface area contributed by atoms with Crippen LogP contribution in [0.15, 0.2) is 54.6 Å². The van der Waals surface area contributed by atoms with Gasteiger partial charge in [-0.25, -0.2) is 0 Å². The van der Waals surface area contributed by atoms with Crippen LogP contribution in [0.25, 0.3) is 0 Å². The molecule has 3 N–H and O–H groups in total. The third-order valence-electron chi connectivity index (χ3n) is 5.03. The number of rotatable bonds is 8. The molecule has 1 unspecified atom stereocenters. The highest BCUT2D eigenvalue weighted by atomic mass is 16.5. The van der Waals surface area contributed by atoms with Gasteiger partial charge in [0.15, 0.2) is 0 Å². The number of benzene rings is 2. The molecule has 0 radical (unpaired) electrons. The number of hydrogen-bond acceptors (Lipinski definition) is 5. The number of amides is 1. The Hall–Kier alpha value is -2.41. The zero-order chi connectivity index (χ0) is 19.8. The highest BCUT2D eigenvalue weighted by Gasteiger charge is 2.30. The van der Waals surface area contributed by atoms with Crippen LogP contribution in [-0.4, -0.2) is 50.3 Å². The maximum absolute atomic E-state index is 12.7. The highest BCUT2D eigenvalue weighted by molar-refractivity contribution is 5.87. The molecule has 1 aliphatic heterocycles. The van der Waals surface area contributed by atoms with E-state index < -0.39 is 5.54 Å². The summed E-state index contributed by atoms with van der Waals surface area (Å²) in [5.41, 5.74) is 6.91. The first-order valence-electron chi connectivity index (χ1n) is 9.71. The highest BCUT2D eigenvalue weighted by Crippen LogP contribution is 2.20. The van der Waals surface area contributed by atoms with Gasteiger partial charge >= 0.3 is 0 Å². The largest absolute Gasteiger partial charge is 0.492 e. The van der Waals surface area contributed by atoms with Gasteiger partial charge in [0, 0.05) is 31.7 Å². The van der Waals surface area contributed by atoms with Gasteiger partial charge in [-0.15, -0.1) is 0 Å². The summed E-state index contributed by atoms with van der Waals surface area (Å²) in [6.45, 7) is 6.99. The molecule has 1 heterocycles. The number of ether oxygens (including phenoxy) is 2. The molecule has 2 aromatic carbocycles. The number of nitrogens with one attached hydrogen (secondary N) is 1. The third-order valence-corrected chi connectivity index (χ3v) is 5.03. The van der Waals surface area contributed by atoms with E-state index in [9.17, 15) is 4.79 Å². The number of para-hydroxylation sites is 1. The summed E-state index contributed by atoms with van der Waals surface area (Å²) in [6, 6.07) is 17.2. The Balaban J connectivity index is 1.55. The van der Waals surface area contributed by atoms with Crippen LogP contribution in [0, 0.1) is 0 Å². The van der Waals surface area contributed by atoms with Crippen molar-refractivity contribution in [3.05, 3.63) is 65.7 Å². The molecule has 28 heavy (non-hydrogen) atoms. The summed E-state index contributed by atoms with van der Waals surface area (Å²) in [5.74, 6) is 0.566. The first-order valence-corrected chi connectivity index (χ1v) is 9.71. The molecule has 0 bridgehead atoms. The molecule has 2 aromatic rings. The SMILES string of the molecule is CC(N)(C(=O)NCc1ccccc1OCCN1CCOCC1)c1ccccc1. The van der Waals surface area contributed by atoms with Gasteiger partial charge in [-0.1, -0.05) is 48.5 Å². The molecule has 0 saturated carbocycles. The van der Waals surface area contributed by atoms with Crippen molar-refractivity contribution < 1.29 is 14.3 Å². The maximum atomic E-state index is 12.7. The minimum absolute atomic E-state index is 0.221. The Bertz CT molecular complexity index is 759. The Morgan fingerprint density at radius 1 is 1.14 bits per heavy atom. The van der Waals surface area contributed by atoms with E-state index in [2.05, 4.69) is 10.2 Å². The molecule has 0 spiro atoms. The van der Waals surface area contributed by atoms with Crippen LogP contribution < -0.4 is 15.8 Å². The standard InChI is InChI=1S/C22H29N3O3/c1-22(23,19-8-3-2-4-9-19)21(26)24-17-18-7-5-6-10-20(18)28-16-13-25-11-14-27-15-12-25/h2-10H,11-17,23H2,1H3,(H,24,26). The van der Waals surface area contributed by atoms with Crippen molar-refractivity contribution in [1.29, 1.82) is 0 Å². The predicted molar refractivity (Wildman–Crippen MR) is 109 cm³/mol. The van der Waals surface area contributed by atoms with E-state index >= 15 is 0 Å². The zero-order valence-electron chi connectivity index (χ0n) is 16.4. The summed E-state index contributed by atoms with van der Waals surface area (Å²) in [6.07, 6.45) is 0. The second-order valence-electron chi connectivity index (χ2n) is 7.16. The van der Waals surface area contributed by atoms with Crippen LogP contribution in [-0.2, 0) is 21.6 Å². The Kier molecular flexibility index (Phi) is 7.03. The second-order valence-corrected chi connectivity index (χ2v) is 7.16. The Labute approximate surface area is 166 Å². The minimum atomic E-state index is -1.09. The molecular formula is C22H29N3O3. The summed E-state index contributed by atoms with van der Waals surface area (Å²) in [5, 5.41) is 2.95. The molecule has 1 aliphatic rings. The number of nitrogens with two attached hydrogens (primary N) is 1. The van der Waals surface area contributed by atoms with Gasteiger partial charge in [0.1, 0.15) is 17.9 Å². The van der Waals surface area contributed by atoms with Crippen molar-refractivity contribution in [2.45, 2.75) is 19.0 Å². The summed E-state index contributed by atoms with van der Waals surface area (Å²) >= 11 is 0. The van der Waals surface area contributed by atoms with Crippen LogP contribution in [0.2, 0.25) is 0 Å². The lowest BCUT2D eigenvalue weighted by atomic mass is 9.92. The van der Waals surface area contributed by atoms with Crippen molar-refractivity contribution in [3.63, 3.8) is 0 Å². The number of carbonyl (C=O) groups excluding carboxylic acids is 1. The monoisotopic (exact) mass is 383 g/mol. The third kappa shape index (κ3) is 5.32. The van der Waals surface area contributed by atoms with Crippen LogP contribution in [0.1, 0.15) is 18.1 Å². The molecule has 0 aliphatic carbocycles. The number of carbonyl (C=O) groups is 1. The fourth-order valence-corrected chi connectivity index (χ4v) is 3.17. The van der Waals surface area contributed by atoms with Crippen molar-refractivity contribution >= 4 is 5.91 Å². The smallest absolute Gasteiger partial charge is 0.244 e. The molecule has 1 atom stereocenters. The average molecular weight is 383 g/mol. The second kappa shape index (κ2) is 9.68. The van der Waals surface area contributed by atoms with Crippen LogP contribution in [0.4, 0.5) is 0 Å². The van der Waals surface area contributed by atoms with Gasteiger partial charge in [-0.2, -0.15) is 0 Å². The molecule has 6 heteroatoms. The van der Waals surface area contributed by atoms with E-state index in [4.69, 9.17) is 15.2 Å². The number of nitrogens with zero attached hydrogens (tertiary/aromatic N) is 1. The average Bonchev–Trinajstić information content (AvgIpc) is 2.74. The molecule has 150 valence electrons. The predicted octanol–water partition coefficient (Wildman–Crippen LogP) is 1.89. The normalized spacial score (nSPS) is 16.9. The van der Waals surface area contributed by atoms with Crippen LogP contribution in [0.3, 0.4) is 0 Å². The summed E-state index contributed by atoms with van der Waals surface area (Å²) < 4.78 is 11.3. The fourth-order valence-electron chi connectivity index (χ4n) is 3.17. The molecule has 6 nitrogen and oxygen atoms in total. The first kappa shape index (κ1) is 20.3. The van der Waals surface area contributed by atoms with E-state index in [0.29, 0.717) is 13.2 Å². The van der Waals surface area contributed by atoms with Crippen molar-refractivity contribution in [3.8, 4) is 5.75 Å². The van der Waals surface area contributed by atoms with Gasteiger partial charge < -0.3 is 20.5 Å². The van der Waals surface area contributed by atoms with Gasteiger partial charge in [-0.05, 0) is 18.6 Å². The number of morpholine rings is 1. The number of hydrogen-bond donors (Lipinski definition) is 2. The zero-order valence-corrected chi connectivity index (χ0v) is 16.4. The van der Waals surface area contributed by atoms with Crippen molar-refractivity contribution in [1.82, 2.24) is 10.2 Å². The van der Waals surface area contributed by atoms with Gasteiger partial charge in [0.05, 0.1) is 13.2 Å². The molecular weight excluding hydrogens is 354 g/mol. The molecule has 3 rings (SSSR count). The Morgan fingerprint density at radius 2 is 1.82 bits per heavy atom. The lowest BCUT2D eigenvalue weighted by Gasteiger charge is -2.26. The summed E-state index contributed by atoms with van der Waals surface area (Å²) in [4.78, 5) is 15.0. The van der Waals surface area contributed by atoms with E-state index in [1.165, 1.54) is 0 Å². The minimum Gasteiger partial charge on any atom is -0.492 e. The topological polar surface area (TPSA) is 76.8 Å². The Morgan fingerprint density at radius 3 is 2.57 bits per heavy atom. The molecule has 1 amide bonds. The first-order chi connectivity index (χ1) is 13.6. The lowest BCUT2D eigenvalue weighted by Crippen LogP contribution is -2.48. The van der Waals surface area contributed by atoms with E-state index in [1.807, 2.05) is 54.6 Å². The summed E-state index contributed by atoms with van der Waals surface area (Å²) in [7, 11) is 0. The van der Waals surface area contributed by atoms with Crippen molar-refractivity contribution in [2.75, 3.05) is 39.5 Å². The molecule has 0 aromatic heterocycles. The molecule has 1 fully saturated rings.